The van der Waals surface area contributed by atoms with Crippen LogP contribution < -0.4 is 20.1 Å². The number of rotatable bonds is 8. The molecule has 0 aromatic heterocycles. The average molecular weight is 475 g/mol. The second kappa shape index (κ2) is 9.95. The van der Waals surface area contributed by atoms with Crippen LogP contribution >= 0.6 is 0 Å². The molecule has 2 N–H and O–H groups in total. The summed E-state index contributed by atoms with van der Waals surface area (Å²) in [6.07, 6.45) is 0. The van der Waals surface area contributed by atoms with Crippen molar-refractivity contribution >= 4 is 21.8 Å². The molecule has 0 saturated heterocycles. The zero-order valence-corrected chi connectivity index (χ0v) is 19.6. The van der Waals surface area contributed by atoms with Crippen LogP contribution in [0.3, 0.4) is 0 Å². The molecule has 0 spiro atoms. The van der Waals surface area contributed by atoms with E-state index in [0.29, 0.717) is 17.1 Å². The van der Waals surface area contributed by atoms with Gasteiger partial charge in [-0.25, -0.2) is 18.0 Å². The molecule has 3 rings (SSSR count). The second-order valence-corrected chi connectivity index (χ2v) is 9.31. The van der Waals surface area contributed by atoms with E-state index in [-0.39, 0.29) is 22.8 Å². The number of hydrogen-bond donors (Lipinski definition) is 2. The van der Waals surface area contributed by atoms with Gasteiger partial charge in [0.1, 0.15) is 11.5 Å². The van der Waals surface area contributed by atoms with Crippen molar-refractivity contribution in [1.29, 1.82) is 0 Å². The standard InChI is InChI=1S/C23H26N2O7S/c1-5-32-22(26)20-18(13-33(28,29)16-9-6-14(2)7-10-16)24-23(27)25-21(20)17-11-8-15(30-3)12-19(17)31-4/h6-12,21H,5,13H2,1-4H3,(H2,24,25,27)/t21-/m1/s1. The number of benzene rings is 2. The Kier molecular flexibility index (Phi) is 7.27. The molecular weight excluding hydrogens is 448 g/mol. The van der Waals surface area contributed by atoms with Crippen LogP contribution in [0.15, 0.2) is 58.6 Å². The fourth-order valence-electron chi connectivity index (χ4n) is 3.49. The maximum absolute atomic E-state index is 13.1. The van der Waals surface area contributed by atoms with E-state index in [9.17, 15) is 18.0 Å². The summed E-state index contributed by atoms with van der Waals surface area (Å²) in [6, 6.07) is 9.58. The zero-order valence-electron chi connectivity index (χ0n) is 18.8. The number of hydrogen-bond acceptors (Lipinski definition) is 7. The second-order valence-electron chi connectivity index (χ2n) is 7.32. The SMILES string of the molecule is CCOC(=O)C1=C(CS(=O)(=O)c2ccc(C)cc2)NC(=O)N[C@@H]1c1ccc(OC)cc1OC. The lowest BCUT2D eigenvalue weighted by Gasteiger charge is -2.30. The third-order valence-electron chi connectivity index (χ3n) is 5.12. The molecule has 0 saturated carbocycles. The summed E-state index contributed by atoms with van der Waals surface area (Å²) in [4.78, 5) is 25.5. The fraction of sp³-hybridized carbons (Fsp3) is 0.304. The van der Waals surface area contributed by atoms with Gasteiger partial charge in [-0.15, -0.1) is 0 Å². The van der Waals surface area contributed by atoms with Gasteiger partial charge in [0, 0.05) is 17.3 Å². The highest BCUT2D eigenvalue weighted by atomic mass is 32.2. The van der Waals surface area contributed by atoms with Crippen molar-refractivity contribution in [2.24, 2.45) is 0 Å². The van der Waals surface area contributed by atoms with Crippen molar-refractivity contribution in [2.45, 2.75) is 24.8 Å². The van der Waals surface area contributed by atoms with Crippen molar-refractivity contribution in [3.8, 4) is 11.5 Å². The van der Waals surface area contributed by atoms with Crippen molar-refractivity contribution < 1.29 is 32.2 Å². The van der Waals surface area contributed by atoms with Gasteiger partial charge in [0.05, 0.1) is 43.1 Å². The lowest BCUT2D eigenvalue weighted by Crippen LogP contribution is -2.47. The van der Waals surface area contributed by atoms with Crippen LogP contribution in [0.2, 0.25) is 0 Å². The van der Waals surface area contributed by atoms with Crippen LogP contribution in [0.25, 0.3) is 0 Å². The molecule has 2 aromatic carbocycles. The molecule has 176 valence electrons. The van der Waals surface area contributed by atoms with Crippen molar-refractivity contribution in [2.75, 3.05) is 26.6 Å². The Morgan fingerprint density at radius 2 is 1.76 bits per heavy atom. The normalized spacial score (nSPS) is 16.0. The highest BCUT2D eigenvalue weighted by Gasteiger charge is 2.37. The van der Waals surface area contributed by atoms with Gasteiger partial charge in [-0.3, -0.25) is 0 Å². The maximum Gasteiger partial charge on any atom is 0.338 e. The van der Waals surface area contributed by atoms with Crippen LogP contribution in [0, 0.1) is 6.92 Å². The molecule has 1 atom stereocenters. The predicted octanol–water partition coefficient (Wildman–Crippen LogP) is 2.66. The lowest BCUT2D eigenvalue weighted by atomic mass is 9.94. The minimum Gasteiger partial charge on any atom is -0.497 e. The van der Waals surface area contributed by atoms with E-state index in [1.54, 1.807) is 37.3 Å². The Morgan fingerprint density at radius 1 is 1.06 bits per heavy atom. The Balaban J connectivity index is 2.14. The van der Waals surface area contributed by atoms with Crippen LogP contribution in [-0.2, 0) is 19.4 Å². The van der Waals surface area contributed by atoms with Gasteiger partial charge in [0.15, 0.2) is 9.84 Å². The van der Waals surface area contributed by atoms with Crippen LogP contribution in [-0.4, -0.2) is 47.0 Å². The van der Waals surface area contributed by atoms with E-state index in [1.807, 2.05) is 6.92 Å². The number of methoxy groups -OCH3 is 2. The Bertz CT molecular complexity index is 1190. The summed E-state index contributed by atoms with van der Waals surface area (Å²) < 4.78 is 42.0. The van der Waals surface area contributed by atoms with Crippen LogP contribution in [0.5, 0.6) is 11.5 Å². The molecule has 1 heterocycles. The van der Waals surface area contributed by atoms with E-state index in [0.717, 1.165) is 5.56 Å². The third kappa shape index (κ3) is 5.28. The van der Waals surface area contributed by atoms with E-state index in [1.165, 1.54) is 26.4 Å². The van der Waals surface area contributed by atoms with Gasteiger partial charge >= 0.3 is 12.0 Å². The molecule has 0 radical (unpaired) electrons. The molecule has 0 fully saturated rings. The molecule has 0 aliphatic carbocycles. The minimum atomic E-state index is -3.87. The van der Waals surface area contributed by atoms with E-state index in [2.05, 4.69) is 10.6 Å². The third-order valence-corrected chi connectivity index (χ3v) is 6.77. The summed E-state index contributed by atoms with van der Waals surface area (Å²) in [7, 11) is -0.932. The summed E-state index contributed by atoms with van der Waals surface area (Å²) in [5.74, 6) is -0.474. The highest BCUT2D eigenvalue weighted by Crippen LogP contribution is 2.36. The number of aryl methyl sites for hydroxylation is 1. The summed E-state index contributed by atoms with van der Waals surface area (Å²) >= 11 is 0. The molecule has 33 heavy (non-hydrogen) atoms. The number of ether oxygens (including phenoxy) is 3. The van der Waals surface area contributed by atoms with Gasteiger partial charge < -0.3 is 24.8 Å². The number of carbonyl (C=O) groups is 2. The molecule has 10 heteroatoms. The molecule has 9 nitrogen and oxygen atoms in total. The first-order valence-electron chi connectivity index (χ1n) is 10.2. The van der Waals surface area contributed by atoms with Gasteiger partial charge in [0.25, 0.3) is 0 Å². The molecule has 0 unspecified atom stereocenters. The van der Waals surface area contributed by atoms with Gasteiger partial charge in [0.2, 0.25) is 0 Å². The summed E-state index contributed by atoms with van der Waals surface area (Å²) in [5.41, 5.74) is 1.28. The van der Waals surface area contributed by atoms with Crippen LogP contribution in [0.1, 0.15) is 24.1 Å². The quantitative estimate of drug-likeness (QED) is 0.565. The van der Waals surface area contributed by atoms with Crippen molar-refractivity contribution in [1.82, 2.24) is 10.6 Å². The summed E-state index contributed by atoms with van der Waals surface area (Å²) in [6.45, 7) is 3.55. The smallest absolute Gasteiger partial charge is 0.338 e. The molecule has 1 aliphatic rings. The van der Waals surface area contributed by atoms with Crippen molar-refractivity contribution in [3.63, 3.8) is 0 Å². The first-order valence-corrected chi connectivity index (χ1v) is 11.8. The van der Waals surface area contributed by atoms with E-state index >= 15 is 0 Å². The fourth-order valence-corrected chi connectivity index (χ4v) is 4.82. The zero-order chi connectivity index (χ0) is 24.2. The van der Waals surface area contributed by atoms with Gasteiger partial charge in [-0.05, 0) is 38.1 Å². The van der Waals surface area contributed by atoms with Crippen LogP contribution in [0.4, 0.5) is 4.79 Å². The number of esters is 1. The molecule has 0 bridgehead atoms. The topological polar surface area (TPSA) is 120 Å². The molecular formula is C23H26N2O7S. The summed E-state index contributed by atoms with van der Waals surface area (Å²) in [5, 5.41) is 5.16. The van der Waals surface area contributed by atoms with E-state index in [4.69, 9.17) is 14.2 Å². The largest absolute Gasteiger partial charge is 0.497 e. The number of urea groups is 1. The number of amides is 2. The Hall–Kier alpha value is -3.53. The first kappa shape index (κ1) is 24.1. The monoisotopic (exact) mass is 474 g/mol. The minimum absolute atomic E-state index is 0.0180. The number of carbonyl (C=O) groups excluding carboxylic acids is 2. The lowest BCUT2D eigenvalue weighted by molar-refractivity contribution is -0.139. The molecule has 2 aromatic rings. The average Bonchev–Trinajstić information content (AvgIpc) is 2.78. The predicted molar refractivity (Wildman–Crippen MR) is 121 cm³/mol. The van der Waals surface area contributed by atoms with E-state index < -0.39 is 33.6 Å². The van der Waals surface area contributed by atoms with Crippen molar-refractivity contribution in [3.05, 3.63) is 64.9 Å². The van der Waals surface area contributed by atoms with Gasteiger partial charge in [-0.2, -0.15) is 0 Å². The van der Waals surface area contributed by atoms with Gasteiger partial charge in [-0.1, -0.05) is 17.7 Å². The number of sulfone groups is 1. The first-order chi connectivity index (χ1) is 15.7. The highest BCUT2D eigenvalue weighted by molar-refractivity contribution is 7.91. The Morgan fingerprint density at radius 3 is 2.36 bits per heavy atom. The Labute approximate surface area is 192 Å². The molecule has 1 aliphatic heterocycles. The molecule has 2 amide bonds. The number of nitrogens with one attached hydrogen (secondary N) is 2. The maximum atomic E-state index is 13.1.